The van der Waals surface area contributed by atoms with Crippen LogP contribution in [0.25, 0.3) is 0 Å². The Labute approximate surface area is 174 Å². The summed E-state index contributed by atoms with van der Waals surface area (Å²) in [5, 5.41) is 8.16. The van der Waals surface area contributed by atoms with Gasteiger partial charge in [-0.3, -0.25) is 4.79 Å². The fourth-order valence-electron chi connectivity index (χ4n) is 2.67. The van der Waals surface area contributed by atoms with Crippen LogP contribution in [-0.2, 0) is 6.54 Å². The average Bonchev–Trinajstić information content (AvgIpc) is 3.17. The summed E-state index contributed by atoms with van der Waals surface area (Å²) in [4.78, 5) is 31.2. The van der Waals surface area contributed by atoms with E-state index in [1.165, 1.54) is 11.3 Å². The molecule has 2 aromatic carbocycles. The third-order valence-electron chi connectivity index (χ3n) is 4.31. The number of aromatic nitrogens is 1. The largest absolute Gasteiger partial charge is 0.322 e. The fourth-order valence-corrected chi connectivity index (χ4v) is 3.44. The molecule has 6 nitrogen and oxygen atoms in total. The van der Waals surface area contributed by atoms with Gasteiger partial charge in [0.15, 0.2) is 0 Å². The van der Waals surface area contributed by atoms with Crippen LogP contribution < -0.4 is 10.6 Å². The zero-order valence-corrected chi connectivity index (χ0v) is 17.5. The molecule has 0 fully saturated rings. The average molecular weight is 409 g/mol. The van der Waals surface area contributed by atoms with Gasteiger partial charge in [-0.25, -0.2) is 9.78 Å². The van der Waals surface area contributed by atoms with Gasteiger partial charge in [0.05, 0.1) is 6.54 Å². The highest BCUT2D eigenvalue weighted by atomic mass is 32.1. The van der Waals surface area contributed by atoms with E-state index < -0.39 is 0 Å². The standard InChI is InChI=1S/C22H24N4O2S/c1-15(2)26(22(28)24-17-7-5-4-6-8-17)13-20-25-19(14-29-20)21(27)23-18-11-9-16(3)10-12-18/h4-12,14-15H,13H2,1-3H3,(H,23,27)(H,24,28). The lowest BCUT2D eigenvalue weighted by Crippen LogP contribution is -2.39. The second-order valence-corrected chi connectivity index (χ2v) is 7.91. The van der Waals surface area contributed by atoms with E-state index in [1.54, 1.807) is 10.3 Å². The number of nitrogens with zero attached hydrogens (tertiary/aromatic N) is 2. The van der Waals surface area contributed by atoms with Gasteiger partial charge in [0.25, 0.3) is 5.91 Å². The molecule has 0 aliphatic carbocycles. The van der Waals surface area contributed by atoms with Gasteiger partial charge in [-0.15, -0.1) is 11.3 Å². The van der Waals surface area contributed by atoms with Gasteiger partial charge < -0.3 is 15.5 Å². The highest BCUT2D eigenvalue weighted by Crippen LogP contribution is 2.17. The number of nitrogens with one attached hydrogen (secondary N) is 2. The molecule has 0 saturated carbocycles. The van der Waals surface area contributed by atoms with Gasteiger partial charge in [-0.2, -0.15) is 0 Å². The first-order valence-electron chi connectivity index (χ1n) is 9.37. The van der Waals surface area contributed by atoms with E-state index in [2.05, 4.69) is 15.6 Å². The Bertz CT molecular complexity index is 968. The predicted octanol–water partition coefficient (Wildman–Crippen LogP) is 5.15. The van der Waals surface area contributed by atoms with Crippen molar-refractivity contribution in [3.05, 3.63) is 76.2 Å². The number of carbonyl (C=O) groups excluding carboxylic acids is 2. The summed E-state index contributed by atoms with van der Waals surface area (Å²) >= 11 is 1.37. The molecule has 0 radical (unpaired) electrons. The lowest BCUT2D eigenvalue weighted by molar-refractivity contribution is 0.102. The Morgan fingerprint density at radius 1 is 1.00 bits per heavy atom. The van der Waals surface area contributed by atoms with Crippen molar-refractivity contribution < 1.29 is 9.59 Å². The monoisotopic (exact) mass is 408 g/mol. The van der Waals surface area contributed by atoms with Crippen LogP contribution in [0.1, 0.15) is 34.9 Å². The maximum absolute atomic E-state index is 12.7. The maximum Gasteiger partial charge on any atom is 0.322 e. The summed E-state index contributed by atoms with van der Waals surface area (Å²) in [5.41, 5.74) is 2.93. The number of rotatable bonds is 6. The van der Waals surface area contributed by atoms with Crippen LogP contribution in [0.4, 0.5) is 16.2 Å². The highest BCUT2D eigenvalue weighted by Gasteiger charge is 2.20. The normalized spacial score (nSPS) is 10.6. The Balaban J connectivity index is 1.65. The third kappa shape index (κ3) is 5.65. The molecule has 0 saturated heterocycles. The maximum atomic E-state index is 12.7. The molecule has 150 valence electrons. The molecular weight excluding hydrogens is 384 g/mol. The van der Waals surface area contributed by atoms with Crippen molar-refractivity contribution in [3.63, 3.8) is 0 Å². The van der Waals surface area contributed by atoms with Crippen molar-refractivity contribution >= 4 is 34.6 Å². The third-order valence-corrected chi connectivity index (χ3v) is 5.14. The molecule has 0 spiro atoms. The zero-order valence-electron chi connectivity index (χ0n) is 16.7. The molecule has 0 unspecified atom stereocenters. The first-order chi connectivity index (χ1) is 13.9. The molecular formula is C22H24N4O2S. The first-order valence-corrected chi connectivity index (χ1v) is 10.3. The van der Waals surface area contributed by atoms with Crippen molar-refractivity contribution in [3.8, 4) is 0 Å². The number of urea groups is 1. The smallest absolute Gasteiger partial charge is 0.321 e. The highest BCUT2D eigenvalue weighted by molar-refractivity contribution is 7.09. The van der Waals surface area contributed by atoms with Crippen LogP contribution in [0, 0.1) is 6.92 Å². The van der Waals surface area contributed by atoms with Crippen molar-refractivity contribution in [1.29, 1.82) is 0 Å². The van der Waals surface area contributed by atoms with Gasteiger partial charge in [-0.1, -0.05) is 35.9 Å². The van der Waals surface area contributed by atoms with E-state index in [0.29, 0.717) is 17.2 Å². The summed E-state index contributed by atoms with van der Waals surface area (Å²) in [7, 11) is 0. The second kappa shape index (κ2) is 9.34. The van der Waals surface area contributed by atoms with Gasteiger partial charge >= 0.3 is 6.03 Å². The SMILES string of the molecule is Cc1ccc(NC(=O)c2csc(CN(C(=O)Nc3ccccc3)C(C)C)n2)cc1. The van der Waals surface area contributed by atoms with E-state index in [4.69, 9.17) is 0 Å². The van der Waals surface area contributed by atoms with Crippen LogP contribution in [0.15, 0.2) is 60.0 Å². The molecule has 0 atom stereocenters. The van der Waals surface area contributed by atoms with Gasteiger partial charge in [0, 0.05) is 22.8 Å². The van der Waals surface area contributed by atoms with Crippen molar-refractivity contribution in [2.24, 2.45) is 0 Å². The molecule has 3 aromatic rings. The number of benzene rings is 2. The van der Waals surface area contributed by atoms with E-state index >= 15 is 0 Å². The summed E-state index contributed by atoms with van der Waals surface area (Å²) < 4.78 is 0. The first kappa shape index (κ1) is 20.5. The molecule has 1 aromatic heterocycles. The van der Waals surface area contributed by atoms with E-state index in [0.717, 1.165) is 16.9 Å². The predicted molar refractivity (Wildman–Crippen MR) is 117 cm³/mol. The molecule has 29 heavy (non-hydrogen) atoms. The molecule has 1 heterocycles. The molecule has 2 N–H and O–H groups in total. The quantitative estimate of drug-likeness (QED) is 0.593. The van der Waals surface area contributed by atoms with Crippen LogP contribution in [0.5, 0.6) is 0 Å². The minimum Gasteiger partial charge on any atom is -0.321 e. The van der Waals surface area contributed by atoms with E-state index in [9.17, 15) is 9.59 Å². The number of carbonyl (C=O) groups is 2. The summed E-state index contributed by atoms with van der Waals surface area (Å²) in [6.07, 6.45) is 0. The van der Waals surface area contributed by atoms with Gasteiger partial charge in [0.1, 0.15) is 10.7 Å². The number of hydrogen-bond donors (Lipinski definition) is 2. The van der Waals surface area contributed by atoms with Crippen molar-refractivity contribution in [1.82, 2.24) is 9.88 Å². The lowest BCUT2D eigenvalue weighted by Gasteiger charge is -2.26. The Hall–Kier alpha value is -3.19. The molecule has 3 amide bonds. The number of aryl methyl sites for hydroxylation is 1. The summed E-state index contributed by atoms with van der Waals surface area (Å²) in [6.45, 7) is 6.22. The second-order valence-electron chi connectivity index (χ2n) is 6.96. The zero-order chi connectivity index (χ0) is 20.8. The number of amides is 3. The van der Waals surface area contributed by atoms with Crippen molar-refractivity contribution in [2.45, 2.75) is 33.4 Å². The Kier molecular flexibility index (Phi) is 6.61. The van der Waals surface area contributed by atoms with Crippen LogP contribution in [0.2, 0.25) is 0 Å². The number of para-hydroxylation sites is 1. The number of anilines is 2. The van der Waals surface area contributed by atoms with Crippen LogP contribution >= 0.6 is 11.3 Å². The number of thiazole rings is 1. The molecule has 0 aliphatic rings. The van der Waals surface area contributed by atoms with E-state index in [1.807, 2.05) is 75.4 Å². The topological polar surface area (TPSA) is 74.3 Å². The fraction of sp³-hybridized carbons (Fsp3) is 0.227. The lowest BCUT2D eigenvalue weighted by atomic mass is 10.2. The number of hydrogen-bond acceptors (Lipinski definition) is 4. The Morgan fingerprint density at radius 3 is 2.31 bits per heavy atom. The minimum absolute atomic E-state index is 0.0209. The molecule has 7 heteroatoms. The van der Waals surface area contributed by atoms with Gasteiger partial charge in [-0.05, 0) is 45.0 Å². The molecule has 0 aliphatic heterocycles. The van der Waals surface area contributed by atoms with Crippen molar-refractivity contribution in [2.75, 3.05) is 10.6 Å². The van der Waals surface area contributed by atoms with Gasteiger partial charge in [0.2, 0.25) is 0 Å². The summed E-state index contributed by atoms with van der Waals surface area (Å²) in [6, 6.07) is 16.7. The van der Waals surface area contributed by atoms with Crippen LogP contribution in [-0.4, -0.2) is 27.9 Å². The summed E-state index contributed by atoms with van der Waals surface area (Å²) in [5.74, 6) is -0.263. The molecule has 3 rings (SSSR count). The van der Waals surface area contributed by atoms with E-state index in [-0.39, 0.29) is 18.0 Å². The van der Waals surface area contributed by atoms with Crippen LogP contribution in [0.3, 0.4) is 0 Å². The minimum atomic E-state index is -0.263. The Morgan fingerprint density at radius 2 is 1.66 bits per heavy atom. The molecule has 0 bridgehead atoms.